The van der Waals surface area contributed by atoms with Gasteiger partial charge in [0.15, 0.2) is 0 Å². The van der Waals surface area contributed by atoms with Gasteiger partial charge in [0.1, 0.15) is 24.7 Å². The number of aliphatic hydroxyl groups excluding tert-OH is 1. The average Bonchev–Trinajstić information content (AvgIpc) is 3.35. The second-order valence-electron chi connectivity index (χ2n) is 6.43. The number of carboxylic acids is 1. The van der Waals surface area contributed by atoms with Crippen molar-refractivity contribution in [3.05, 3.63) is 18.2 Å². The first-order valence-electron chi connectivity index (χ1n) is 8.77. The molecule has 1 aliphatic heterocycles. The normalized spacial score (nSPS) is 18.4. The zero-order chi connectivity index (χ0) is 20.7. The Morgan fingerprint density at radius 2 is 2.14 bits per heavy atom. The third-order valence-corrected chi connectivity index (χ3v) is 4.38. The monoisotopic (exact) mass is 396 g/mol. The van der Waals surface area contributed by atoms with E-state index in [0.29, 0.717) is 25.1 Å². The number of nitrogens with one attached hydrogen (secondary N) is 3. The van der Waals surface area contributed by atoms with Gasteiger partial charge in [0.2, 0.25) is 17.7 Å². The van der Waals surface area contributed by atoms with Crippen LogP contribution in [-0.4, -0.2) is 86.6 Å². The van der Waals surface area contributed by atoms with Gasteiger partial charge in [-0.25, -0.2) is 4.98 Å². The van der Waals surface area contributed by atoms with Crippen molar-refractivity contribution >= 4 is 23.7 Å². The predicted octanol–water partition coefficient (Wildman–Crippen LogP) is -3.05. The van der Waals surface area contributed by atoms with E-state index in [9.17, 15) is 19.2 Å². The summed E-state index contributed by atoms with van der Waals surface area (Å²) in [6, 6.07) is -3.04. The number of aliphatic carboxylic acids is 1. The largest absolute Gasteiger partial charge is 0.480 e. The lowest BCUT2D eigenvalue weighted by Gasteiger charge is -2.29. The van der Waals surface area contributed by atoms with Gasteiger partial charge < -0.3 is 36.5 Å². The minimum absolute atomic E-state index is 0.0860. The van der Waals surface area contributed by atoms with E-state index in [4.69, 9.17) is 15.9 Å². The maximum atomic E-state index is 13.0. The smallest absolute Gasteiger partial charge is 0.322 e. The lowest BCUT2D eigenvalue weighted by Crippen LogP contribution is -2.57. The van der Waals surface area contributed by atoms with E-state index in [-0.39, 0.29) is 6.42 Å². The van der Waals surface area contributed by atoms with Gasteiger partial charge in [-0.2, -0.15) is 0 Å². The van der Waals surface area contributed by atoms with Gasteiger partial charge in [0, 0.05) is 24.9 Å². The summed E-state index contributed by atoms with van der Waals surface area (Å²) >= 11 is 0. The molecule has 1 saturated heterocycles. The Morgan fingerprint density at radius 3 is 2.75 bits per heavy atom. The topological polar surface area (TPSA) is 191 Å². The van der Waals surface area contributed by atoms with Gasteiger partial charge in [0.25, 0.3) is 0 Å². The molecule has 154 valence electrons. The van der Waals surface area contributed by atoms with Crippen molar-refractivity contribution in [3.63, 3.8) is 0 Å². The molecule has 12 heteroatoms. The van der Waals surface area contributed by atoms with Crippen molar-refractivity contribution < 1.29 is 29.4 Å². The molecule has 3 atom stereocenters. The summed E-state index contributed by atoms with van der Waals surface area (Å²) in [5, 5.41) is 22.5. The quantitative estimate of drug-likeness (QED) is 0.253. The van der Waals surface area contributed by atoms with E-state index >= 15 is 0 Å². The maximum absolute atomic E-state index is 13.0. The Kier molecular flexibility index (Phi) is 7.46. The Hall–Kier alpha value is -2.99. The summed E-state index contributed by atoms with van der Waals surface area (Å²) in [5.74, 6) is -2.95. The molecule has 2 rings (SSSR count). The number of H-pyrrole nitrogens is 1. The van der Waals surface area contributed by atoms with Gasteiger partial charge >= 0.3 is 5.97 Å². The van der Waals surface area contributed by atoms with E-state index < -0.39 is 55.0 Å². The van der Waals surface area contributed by atoms with Crippen molar-refractivity contribution in [2.24, 2.45) is 5.73 Å². The number of hydrogen-bond acceptors (Lipinski definition) is 7. The molecule has 28 heavy (non-hydrogen) atoms. The number of aliphatic hydroxyl groups is 1. The van der Waals surface area contributed by atoms with Crippen molar-refractivity contribution in [3.8, 4) is 0 Å². The number of aromatic nitrogens is 2. The first-order chi connectivity index (χ1) is 13.3. The van der Waals surface area contributed by atoms with Crippen LogP contribution >= 0.6 is 0 Å². The highest BCUT2D eigenvalue weighted by molar-refractivity contribution is 5.94. The molecular weight excluding hydrogens is 372 g/mol. The van der Waals surface area contributed by atoms with Gasteiger partial charge in [-0.15, -0.1) is 0 Å². The fraction of sp³-hybridized carbons (Fsp3) is 0.562. The fourth-order valence-corrected chi connectivity index (χ4v) is 2.96. The summed E-state index contributed by atoms with van der Waals surface area (Å²) in [4.78, 5) is 56.1. The predicted molar refractivity (Wildman–Crippen MR) is 94.7 cm³/mol. The third-order valence-electron chi connectivity index (χ3n) is 4.38. The molecule has 3 amide bonds. The standard InChI is InChI=1S/C16H24N6O6/c17-10(7-23)14(26)21-11(4-9-5-18-8-20-9)16(28)22-3-1-2-12(22)15(27)19-6-13(24)25/h5,8,10-12,23H,1-4,6-7,17H2,(H,18,20)(H,19,27)(H,21,26)(H,24,25). The molecule has 1 aliphatic rings. The minimum Gasteiger partial charge on any atom is -0.480 e. The fourth-order valence-electron chi connectivity index (χ4n) is 2.96. The van der Waals surface area contributed by atoms with Crippen LogP contribution in [0.15, 0.2) is 12.5 Å². The SMILES string of the molecule is NC(CO)C(=O)NC(Cc1cnc[nH]1)C(=O)N1CCCC1C(=O)NCC(=O)O. The summed E-state index contributed by atoms with van der Waals surface area (Å²) in [5.41, 5.74) is 6.09. The van der Waals surface area contributed by atoms with E-state index in [1.807, 2.05) is 0 Å². The number of carbonyl (C=O) groups excluding carboxylic acids is 3. The average molecular weight is 396 g/mol. The number of nitrogens with two attached hydrogens (primary N) is 1. The van der Waals surface area contributed by atoms with Crippen LogP contribution in [0.5, 0.6) is 0 Å². The van der Waals surface area contributed by atoms with Crippen LogP contribution in [0.1, 0.15) is 18.5 Å². The van der Waals surface area contributed by atoms with Gasteiger partial charge in [-0.1, -0.05) is 0 Å². The number of amides is 3. The van der Waals surface area contributed by atoms with Gasteiger partial charge in [-0.3, -0.25) is 19.2 Å². The van der Waals surface area contributed by atoms with Crippen LogP contribution < -0.4 is 16.4 Å². The van der Waals surface area contributed by atoms with Crippen LogP contribution in [0.25, 0.3) is 0 Å². The molecule has 0 bridgehead atoms. The first-order valence-corrected chi connectivity index (χ1v) is 8.77. The van der Waals surface area contributed by atoms with E-state index in [2.05, 4.69) is 20.6 Å². The summed E-state index contributed by atoms with van der Waals surface area (Å²) in [6.45, 7) is -0.830. The summed E-state index contributed by atoms with van der Waals surface area (Å²) in [6.07, 6.45) is 3.97. The van der Waals surface area contributed by atoms with Crippen LogP contribution in [0.4, 0.5) is 0 Å². The maximum Gasteiger partial charge on any atom is 0.322 e. The number of nitrogens with zero attached hydrogens (tertiary/aromatic N) is 2. The summed E-state index contributed by atoms with van der Waals surface area (Å²) < 4.78 is 0. The molecule has 1 aromatic heterocycles. The summed E-state index contributed by atoms with van der Waals surface area (Å²) in [7, 11) is 0. The van der Waals surface area contributed by atoms with Gasteiger partial charge in [0.05, 0.1) is 12.9 Å². The molecule has 3 unspecified atom stereocenters. The third kappa shape index (κ3) is 5.50. The molecule has 0 aromatic carbocycles. The van der Waals surface area contributed by atoms with E-state index in [1.54, 1.807) is 0 Å². The number of rotatable bonds is 9. The molecule has 0 spiro atoms. The number of hydrogen-bond donors (Lipinski definition) is 6. The van der Waals surface area contributed by atoms with Crippen molar-refractivity contribution in [2.75, 3.05) is 19.7 Å². The molecule has 12 nitrogen and oxygen atoms in total. The van der Waals surface area contributed by atoms with Crippen molar-refractivity contribution in [2.45, 2.75) is 37.4 Å². The van der Waals surface area contributed by atoms with E-state index in [0.717, 1.165) is 0 Å². The lowest BCUT2D eigenvalue weighted by atomic mass is 10.1. The molecule has 1 fully saturated rings. The molecule has 0 radical (unpaired) electrons. The Labute approximate surface area is 160 Å². The zero-order valence-corrected chi connectivity index (χ0v) is 15.1. The zero-order valence-electron chi connectivity index (χ0n) is 15.1. The highest BCUT2D eigenvalue weighted by Gasteiger charge is 2.38. The van der Waals surface area contributed by atoms with Crippen LogP contribution in [0.3, 0.4) is 0 Å². The number of carboxylic acid groups (broad SMARTS) is 1. The molecule has 0 saturated carbocycles. The highest BCUT2D eigenvalue weighted by Crippen LogP contribution is 2.19. The second kappa shape index (κ2) is 9.80. The highest BCUT2D eigenvalue weighted by atomic mass is 16.4. The number of aromatic amines is 1. The minimum atomic E-state index is -1.19. The Balaban J connectivity index is 2.13. The number of likely N-dealkylation sites (tertiary alicyclic amines) is 1. The number of carbonyl (C=O) groups is 4. The van der Waals surface area contributed by atoms with Crippen molar-refractivity contribution in [1.82, 2.24) is 25.5 Å². The van der Waals surface area contributed by atoms with Gasteiger partial charge in [-0.05, 0) is 12.8 Å². The molecule has 0 aliphatic carbocycles. The van der Waals surface area contributed by atoms with Crippen molar-refractivity contribution in [1.29, 1.82) is 0 Å². The molecule has 7 N–H and O–H groups in total. The molecular formula is C16H24N6O6. The molecule has 2 heterocycles. The first kappa shape index (κ1) is 21.3. The Morgan fingerprint density at radius 1 is 1.39 bits per heavy atom. The lowest BCUT2D eigenvalue weighted by molar-refractivity contribution is -0.143. The number of imidazole rings is 1. The van der Waals surface area contributed by atoms with Crippen LogP contribution in [0, 0.1) is 0 Å². The molecule has 1 aromatic rings. The second-order valence-corrected chi connectivity index (χ2v) is 6.43. The van der Waals surface area contributed by atoms with Crippen LogP contribution in [-0.2, 0) is 25.6 Å². The van der Waals surface area contributed by atoms with Crippen LogP contribution in [0.2, 0.25) is 0 Å². The van der Waals surface area contributed by atoms with E-state index in [1.165, 1.54) is 17.4 Å². The Bertz CT molecular complexity index is 708.